The maximum Gasteiger partial charge on any atom is 0.277 e. The molecule has 2 aliphatic carbocycles. The van der Waals surface area contributed by atoms with Crippen molar-refractivity contribution in [3.05, 3.63) is 35.4 Å². The molecular formula is C16H24N2O2S. The van der Waals surface area contributed by atoms with E-state index in [2.05, 4.69) is 33.7 Å². The van der Waals surface area contributed by atoms with Gasteiger partial charge in [-0.25, -0.2) is 0 Å². The molecule has 0 saturated heterocycles. The van der Waals surface area contributed by atoms with Gasteiger partial charge in [0.25, 0.3) is 10.2 Å². The standard InChI is InChI=1S/C16H24N2O2S/c1-11(2)17-21(19,20)18-16-14-7-8-15(16)10-13-6-4-3-5-12(13)9-14/h3-6,11,14-18H,7-10H2,1-2H3. The molecule has 0 heterocycles. The van der Waals surface area contributed by atoms with Crippen LogP contribution in [0.5, 0.6) is 0 Å². The number of benzene rings is 1. The number of nitrogens with one attached hydrogen (secondary N) is 2. The van der Waals surface area contributed by atoms with Gasteiger partial charge < -0.3 is 0 Å². The van der Waals surface area contributed by atoms with E-state index >= 15 is 0 Å². The Labute approximate surface area is 127 Å². The number of rotatable bonds is 4. The molecule has 0 spiro atoms. The summed E-state index contributed by atoms with van der Waals surface area (Å²) in [5.74, 6) is 0.838. The van der Waals surface area contributed by atoms with E-state index < -0.39 is 10.2 Å². The van der Waals surface area contributed by atoms with E-state index in [4.69, 9.17) is 0 Å². The van der Waals surface area contributed by atoms with Gasteiger partial charge in [-0.15, -0.1) is 0 Å². The lowest BCUT2D eigenvalue weighted by Crippen LogP contribution is -2.48. The van der Waals surface area contributed by atoms with Crippen molar-refractivity contribution < 1.29 is 8.42 Å². The van der Waals surface area contributed by atoms with Gasteiger partial charge in [-0.3, -0.25) is 0 Å². The largest absolute Gasteiger partial charge is 0.277 e. The molecule has 1 aromatic carbocycles. The minimum atomic E-state index is -3.41. The fraction of sp³-hybridized carbons (Fsp3) is 0.625. The van der Waals surface area contributed by atoms with Gasteiger partial charge in [-0.05, 0) is 62.5 Å². The highest BCUT2D eigenvalue weighted by molar-refractivity contribution is 7.87. The topological polar surface area (TPSA) is 58.2 Å². The highest BCUT2D eigenvalue weighted by Gasteiger charge is 2.40. The van der Waals surface area contributed by atoms with Gasteiger partial charge >= 0.3 is 0 Å². The van der Waals surface area contributed by atoms with Crippen LogP contribution in [0.2, 0.25) is 0 Å². The Kier molecular flexibility index (Phi) is 4.08. The van der Waals surface area contributed by atoms with Crippen molar-refractivity contribution in [3.8, 4) is 0 Å². The third-order valence-electron chi connectivity index (χ3n) is 4.69. The van der Waals surface area contributed by atoms with Crippen molar-refractivity contribution in [1.82, 2.24) is 9.44 Å². The summed E-state index contributed by atoms with van der Waals surface area (Å²) in [7, 11) is -3.41. The van der Waals surface area contributed by atoms with E-state index in [0.29, 0.717) is 11.8 Å². The lowest BCUT2D eigenvalue weighted by Gasteiger charge is -2.24. The molecule has 116 valence electrons. The van der Waals surface area contributed by atoms with E-state index in [9.17, 15) is 8.42 Å². The summed E-state index contributed by atoms with van der Waals surface area (Å²) in [6.45, 7) is 3.69. The zero-order valence-electron chi connectivity index (χ0n) is 12.7. The summed E-state index contributed by atoms with van der Waals surface area (Å²) >= 11 is 0. The van der Waals surface area contributed by atoms with Crippen molar-refractivity contribution in [3.63, 3.8) is 0 Å². The Bertz CT molecular complexity index is 579. The molecule has 5 heteroatoms. The molecular weight excluding hydrogens is 284 g/mol. The zero-order valence-corrected chi connectivity index (χ0v) is 13.5. The predicted molar refractivity (Wildman–Crippen MR) is 84.2 cm³/mol. The van der Waals surface area contributed by atoms with Crippen LogP contribution >= 0.6 is 0 Å². The molecule has 1 aromatic rings. The molecule has 2 atom stereocenters. The summed E-state index contributed by atoms with van der Waals surface area (Å²) in [4.78, 5) is 0. The molecule has 2 N–H and O–H groups in total. The molecule has 21 heavy (non-hydrogen) atoms. The summed E-state index contributed by atoms with van der Waals surface area (Å²) in [6, 6.07) is 8.52. The molecule has 0 aliphatic heterocycles. The van der Waals surface area contributed by atoms with Gasteiger partial charge in [0.2, 0.25) is 0 Å². The number of hydrogen-bond acceptors (Lipinski definition) is 2. The van der Waals surface area contributed by atoms with Gasteiger partial charge in [0.1, 0.15) is 0 Å². The van der Waals surface area contributed by atoms with Crippen molar-refractivity contribution in [2.45, 2.75) is 51.6 Å². The Hall–Kier alpha value is -0.910. The predicted octanol–water partition coefficient (Wildman–Crippen LogP) is 2.01. The van der Waals surface area contributed by atoms with Gasteiger partial charge in [0, 0.05) is 12.1 Å². The lowest BCUT2D eigenvalue weighted by molar-refractivity contribution is 0.383. The van der Waals surface area contributed by atoms with Crippen LogP contribution in [-0.2, 0) is 23.1 Å². The normalized spacial score (nSPS) is 28.4. The first-order valence-corrected chi connectivity index (χ1v) is 9.29. The summed E-state index contributed by atoms with van der Waals surface area (Å²) in [6.07, 6.45) is 4.21. The molecule has 0 aromatic heterocycles. The van der Waals surface area contributed by atoms with Gasteiger partial charge in [0.15, 0.2) is 0 Å². The summed E-state index contributed by atoms with van der Waals surface area (Å²) in [5.41, 5.74) is 2.79. The molecule has 4 nitrogen and oxygen atoms in total. The van der Waals surface area contributed by atoms with Crippen LogP contribution in [-0.4, -0.2) is 20.5 Å². The molecule has 0 amide bonds. The van der Waals surface area contributed by atoms with Crippen LogP contribution < -0.4 is 9.44 Å². The molecule has 0 radical (unpaired) electrons. The fourth-order valence-electron chi connectivity index (χ4n) is 3.87. The minimum Gasteiger partial charge on any atom is -0.200 e. The molecule has 3 rings (SSSR count). The summed E-state index contributed by atoms with van der Waals surface area (Å²) < 4.78 is 29.9. The van der Waals surface area contributed by atoms with E-state index in [0.717, 1.165) is 25.7 Å². The minimum absolute atomic E-state index is 0.0636. The first-order valence-electron chi connectivity index (χ1n) is 7.81. The van der Waals surface area contributed by atoms with Crippen LogP contribution in [0.3, 0.4) is 0 Å². The van der Waals surface area contributed by atoms with Crippen LogP contribution in [0.15, 0.2) is 24.3 Å². The van der Waals surface area contributed by atoms with Gasteiger partial charge in [0.05, 0.1) is 0 Å². The van der Waals surface area contributed by atoms with Crippen molar-refractivity contribution in [2.24, 2.45) is 11.8 Å². The lowest BCUT2D eigenvalue weighted by atomic mass is 9.94. The monoisotopic (exact) mass is 308 g/mol. The van der Waals surface area contributed by atoms with Crippen molar-refractivity contribution >= 4 is 10.2 Å². The third-order valence-corrected chi connectivity index (χ3v) is 6.05. The van der Waals surface area contributed by atoms with Gasteiger partial charge in [-0.2, -0.15) is 17.9 Å². The summed E-state index contributed by atoms with van der Waals surface area (Å²) in [5, 5.41) is 0. The Morgan fingerprint density at radius 2 is 1.57 bits per heavy atom. The second kappa shape index (κ2) is 5.71. The van der Waals surface area contributed by atoms with Crippen molar-refractivity contribution in [2.75, 3.05) is 0 Å². The van der Waals surface area contributed by atoms with Crippen LogP contribution in [0.1, 0.15) is 37.8 Å². The van der Waals surface area contributed by atoms with Gasteiger partial charge in [-0.1, -0.05) is 24.3 Å². The second-order valence-corrected chi connectivity index (χ2v) is 8.17. The highest BCUT2D eigenvalue weighted by atomic mass is 32.2. The van der Waals surface area contributed by atoms with E-state index in [1.54, 1.807) is 0 Å². The highest BCUT2D eigenvalue weighted by Crippen LogP contribution is 2.40. The van der Waals surface area contributed by atoms with Crippen LogP contribution in [0.25, 0.3) is 0 Å². The molecule has 2 aliphatic rings. The quantitative estimate of drug-likeness (QED) is 0.894. The first-order chi connectivity index (χ1) is 9.94. The average Bonchev–Trinajstić information content (AvgIpc) is 2.64. The van der Waals surface area contributed by atoms with Crippen LogP contribution in [0.4, 0.5) is 0 Å². The third kappa shape index (κ3) is 3.30. The van der Waals surface area contributed by atoms with E-state index in [-0.39, 0.29) is 12.1 Å². The first kappa shape index (κ1) is 15.0. The van der Waals surface area contributed by atoms with E-state index in [1.165, 1.54) is 11.1 Å². The number of fused-ring (bicyclic) bond motifs is 3. The average molecular weight is 308 g/mol. The molecule has 2 bridgehead atoms. The smallest absolute Gasteiger partial charge is 0.200 e. The Balaban J connectivity index is 1.80. The SMILES string of the molecule is CC(C)NS(=O)(=O)NC1C2CCC1Cc1ccccc1C2. The second-order valence-electron chi connectivity index (χ2n) is 6.69. The van der Waals surface area contributed by atoms with Crippen LogP contribution in [0, 0.1) is 11.8 Å². The fourth-order valence-corrected chi connectivity index (χ4v) is 5.30. The molecule has 1 fully saturated rings. The zero-order chi connectivity index (χ0) is 15.0. The molecule has 1 saturated carbocycles. The maximum absolute atomic E-state index is 12.2. The number of hydrogen-bond donors (Lipinski definition) is 2. The molecule has 2 unspecified atom stereocenters. The van der Waals surface area contributed by atoms with E-state index in [1.807, 2.05) is 13.8 Å². The Morgan fingerprint density at radius 3 is 2.05 bits per heavy atom. The Morgan fingerprint density at radius 1 is 1.05 bits per heavy atom. The maximum atomic E-state index is 12.2. The van der Waals surface area contributed by atoms with Crippen molar-refractivity contribution in [1.29, 1.82) is 0 Å².